The molecule has 1 saturated heterocycles. The molecule has 0 radical (unpaired) electrons. The lowest BCUT2D eigenvalue weighted by molar-refractivity contribution is -0.384. The molecule has 1 aromatic carbocycles. The van der Waals surface area contributed by atoms with Crippen LogP contribution in [0.5, 0.6) is 0 Å². The predicted molar refractivity (Wildman–Crippen MR) is 87.2 cm³/mol. The number of hydrogen-bond donors (Lipinski definition) is 0. The molecule has 0 unspecified atom stereocenters. The SMILES string of the molecule is CCN1CCN(C(=O)CN2C(=O)c3ccc([N+](=O)[O-])cc3C2=O)CC1. The van der Waals surface area contributed by atoms with Crippen molar-refractivity contribution in [1.29, 1.82) is 0 Å². The molecule has 25 heavy (non-hydrogen) atoms. The molecule has 0 spiro atoms. The van der Waals surface area contributed by atoms with Gasteiger partial charge >= 0.3 is 0 Å². The molecular weight excluding hydrogens is 328 g/mol. The molecule has 0 aromatic heterocycles. The third kappa shape index (κ3) is 3.10. The first-order valence-electron chi connectivity index (χ1n) is 8.07. The zero-order valence-electron chi connectivity index (χ0n) is 13.8. The number of nitro benzene ring substituents is 1. The third-order valence-electron chi connectivity index (χ3n) is 4.63. The molecule has 0 atom stereocenters. The second kappa shape index (κ2) is 6.60. The summed E-state index contributed by atoms with van der Waals surface area (Å²) in [6, 6.07) is 3.53. The van der Waals surface area contributed by atoms with Gasteiger partial charge < -0.3 is 9.80 Å². The fraction of sp³-hybridized carbons (Fsp3) is 0.438. The van der Waals surface area contributed by atoms with Crippen LogP contribution in [0.3, 0.4) is 0 Å². The Balaban J connectivity index is 1.72. The summed E-state index contributed by atoms with van der Waals surface area (Å²) in [7, 11) is 0. The van der Waals surface area contributed by atoms with Gasteiger partial charge in [0.05, 0.1) is 16.1 Å². The Morgan fingerprint density at radius 1 is 1.12 bits per heavy atom. The van der Waals surface area contributed by atoms with Gasteiger partial charge in [0.1, 0.15) is 6.54 Å². The number of nitrogens with zero attached hydrogens (tertiary/aromatic N) is 4. The number of benzene rings is 1. The van der Waals surface area contributed by atoms with Crippen LogP contribution in [-0.4, -0.2) is 76.6 Å². The van der Waals surface area contributed by atoms with Gasteiger partial charge in [-0.15, -0.1) is 0 Å². The van der Waals surface area contributed by atoms with Gasteiger partial charge in [-0.1, -0.05) is 6.92 Å². The highest BCUT2D eigenvalue weighted by Crippen LogP contribution is 2.26. The highest BCUT2D eigenvalue weighted by Gasteiger charge is 2.38. The quantitative estimate of drug-likeness (QED) is 0.443. The van der Waals surface area contributed by atoms with Crippen molar-refractivity contribution in [2.75, 3.05) is 39.3 Å². The van der Waals surface area contributed by atoms with E-state index in [0.29, 0.717) is 13.1 Å². The second-order valence-corrected chi connectivity index (χ2v) is 6.00. The third-order valence-corrected chi connectivity index (χ3v) is 4.63. The number of fused-ring (bicyclic) bond motifs is 1. The van der Waals surface area contributed by atoms with E-state index in [1.165, 1.54) is 12.1 Å². The molecule has 2 heterocycles. The van der Waals surface area contributed by atoms with Crippen molar-refractivity contribution in [3.63, 3.8) is 0 Å². The van der Waals surface area contributed by atoms with Gasteiger partial charge in [-0.2, -0.15) is 0 Å². The van der Waals surface area contributed by atoms with Crippen LogP contribution in [0.1, 0.15) is 27.6 Å². The zero-order valence-corrected chi connectivity index (χ0v) is 13.8. The van der Waals surface area contributed by atoms with Crippen LogP contribution in [-0.2, 0) is 4.79 Å². The fourth-order valence-electron chi connectivity index (χ4n) is 3.08. The Kier molecular flexibility index (Phi) is 4.49. The minimum Gasteiger partial charge on any atom is -0.339 e. The number of rotatable bonds is 4. The van der Waals surface area contributed by atoms with Gasteiger partial charge in [0, 0.05) is 38.3 Å². The maximum atomic E-state index is 12.4. The van der Waals surface area contributed by atoms with Crippen molar-refractivity contribution in [2.45, 2.75) is 6.92 Å². The molecule has 0 aliphatic carbocycles. The van der Waals surface area contributed by atoms with E-state index < -0.39 is 16.7 Å². The Morgan fingerprint density at radius 3 is 2.36 bits per heavy atom. The highest BCUT2D eigenvalue weighted by molar-refractivity contribution is 6.22. The van der Waals surface area contributed by atoms with Crippen molar-refractivity contribution < 1.29 is 19.3 Å². The number of likely N-dealkylation sites (N-methyl/N-ethyl adjacent to an activating group) is 1. The van der Waals surface area contributed by atoms with Crippen LogP contribution in [0.4, 0.5) is 5.69 Å². The Bertz CT molecular complexity index is 755. The van der Waals surface area contributed by atoms with Gasteiger partial charge in [0.2, 0.25) is 5.91 Å². The van der Waals surface area contributed by atoms with Crippen LogP contribution < -0.4 is 0 Å². The van der Waals surface area contributed by atoms with Crippen LogP contribution in [0.25, 0.3) is 0 Å². The molecule has 132 valence electrons. The molecule has 3 rings (SSSR count). The van der Waals surface area contributed by atoms with Crippen molar-refractivity contribution in [2.24, 2.45) is 0 Å². The zero-order chi connectivity index (χ0) is 18.1. The maximum absolute atomic E-state index is 12.4. The number of amides is 3. The van der Waals surface area contributed by atoms with Crippen molar-refractivity contribution >= 4 is 23.4 Å². The molecule has 2 aliphatic rings. The first-order chi connectivity index (χ1) is 11.9. The number of hydrogen-bond acceptors (Lipinski definition) is 6. The average molecular weight is 346 g/mol. The first-order valence-corrected chi connectivity index (χ1v) is 8.07. The van der Waals surface area contributed by atoms with Gasteiger partial charge in [0.25, 0.3) is 17.5 Å². The molecular formula is C16H18N4O5. The van der Waals surface area contributed by atoms with Crippen LogP contribution >= 0.6 is 0 Å². The van der Waals surface area contributed by atoms with E-state index >= 15 is 0 Å². The summed E-state index contributed by atoms with van der Waals surface area (Å²) in [5, 5.41) is 10.8. The summed E-state index contributed by atoms with van der Waals surface area (Å²) in [5.41, 5.74) is -0.189. The lowest BCUT2D eigenvalue weighted by Crippen LogP contribution is -2.51. The molecule has 0 bridgehead atoms. The minimum atomic E-state index is -0.663. The van der Waals surface area contributed by atoms with Gasteiger partial charge in [0.15, 0.2) is 0 Å². The van der Waals surface area contributed by atoms with Gasteiger partial charge in [-0.25, -0.2) is 0 Å². The summed E-state index contributed by atoms with van der Waals surface area (Å²) >= 11 is 0. The Hall–Kier alpha value is -2.81. The first kappa shape index (κ1) is 17.0. The van der Waals surface area contributed by atoms with Gasteiger partial charge in [-0.3, -0.25) is 29.4 Å². The molecule has 1 fully saturated rings. The molecule has 1 aromatic rings. The van der Waals surface area contributed by atoms with Crippen LogP contribution in [0.2, 0.25) is 0 Å². The van der Waals surface area contributed by atoms with E-state index in [1.807, 2.05) is 0 Å². The summed E-state index contributed by atoms with van der Waals surface area (Å²) in [5.74, 6) is -1.54. The van der Waals surface area contributed by atoms with Crippen molar-refractivity contribution in [1.82, 2.24) is 14.7 Å². The number of carbonyl (C=O) groups excluding carboxylic acids is 3. The number of carbonyl (C=O) groups is 3. The number of imide groups is 1. The van der Waals surface area contributed by atoms with Gasteiger partial charge in [-0.05, 0) is 12.6 Å². The normalized spacial score (nSPS) is 17.8. The molecule has 0 N–H and O–H groups in total. The summed E-state index contributed by atoms with van der Waals surface area (Å²) in [6.45, 7) is 5.26. The largest absolute Gasteiger partial charge is 0.339 e. The van der Waals surface area contributed by atoms with E-state index in [1.54, 1.807) is 4.90 Å². The molecule has 2 aliphatic heterocycles. The maximum Gasteiger partial charge on any atom is 0.270 e. The van der Waals surface area contributed by atoms with Crippen LogP contribution in [0, 0.1) is 10.1 Å². The Morgan fingerprint density at radius 2 is 1.76 bits per heavy atom. The number of non-ortho nitro benzene ring substituents is 1. The average Bonchev–Trinajstić information content (AvgIpc) is 2.86. The lowest BCUT2D eigenvalue weighted by atomic mass is 10.1. The van der Waals surface area contributed by atoms with E-state index in [0.717, 1.165) is 30.6 Å². The highest BCUT2D eigenvalue weighted by atomic mass is 16.6. The van der Waals surface area contributed by atoms with Crippen molar-refractivity contribution in [3.05, 3.63) is 39.4 Å². The van der Waals surface area contributed by atoms with E-state index in [-0.39, 0.29) is 29.3 Å². The van der Waals surface area contributed by atoms with E-state index in [4.69, 9.17) is 0 Å². The monoisotopic (exact) mass is 346 g/mol. The van der Waals surface area contributed by atoms with Crippen LogP contribution in [0.15, 0.2) is 18.2 Å². The summed E-state index contributed by atoms with van der Waals surface area (Å²) in [6.07, 6.45) is 0. The Labute approximate surface area is 143 Å². The summed E-state index contributed by atoms with van der Waals surface area (Å²) < 4.78 is 0. The van der Waals surface area contributed by atoms with E-state index in [2.05, 4.69) is 11.8 Å². The predicted octanol–water partition coefficient (Wildman–Crippen LogP) is 0.355. The molecule has 9 heteroatoms. The molecule has 3 amide bonds. The smallest absolute Gasteiger partial charge is 0.270 e. The lowest BCUT2D eigenvalue weighted by Gasteiger charge is -2.34. The second-order valence-electron chi connectivity index (χ2n) is 6.00. The number of nitro groups is 1. The molecule has 0 saturated carbocycles. The summed E-state index contributed by atoms with van der Waals surface area (Å²) in [4.78, 5) is 52.1. The topological polar surface area (TPSA) is 104 Å². The molecule has 9 nitrogen and oxygen atoms in total. The fourth-order valence-corrected chi connectivity index (χ4v) is 3.08. The standard InChI is InChI=1S/C16H18N4O5/c1-2-17-5-7-18(8-6-17)14(21)10-19-15(22)12-4-3-11(20(24)25)9-13(12)16(19)23/h3-4,9H,2,5-8,10H2,1H3. The minimum absolute atomic E-state index is 0.0252. The van der Waals surface area contributed by atoms with E-state index in [9.17, 15) is 24.5 Å². The number of piperazine rings is 1. The van der Waals surface area contributed by atoms with Crippen molar-refractivity contribution in [3.8, 4) is 0 Å².